The third-order valence-corrected chi connectivity index (χ3v) is 2.84. The zero-order valence-electron chi connectivity index (χ0n) is 7.83. The molecule has 0 aromatic carbocycles. The van der Waals surface area contributed by atoms with Crippen LogP contribution in [0.3, 0.4) is 0 Å². The van der Waals surface area contributed by atoms with E-state index in [9.17, 15) is 10.1 Å². The van der Waals surface area contributed by atoms with Crippen LogP contribution < -0.4 is 5.43 Å². The van der Waals surface area contributed by atoms with Crippen LogP contribution in [0, 0.1) is 10.1 Å². The second kappa shape index (κ2) is 4.45. The molecule has 0 saturated heterocycles. The number of imidazole rings is 1. The van der Waals surface area contributed by atoms with Gasteiger partial charge in [0.2, 0.25) is 0 Å². The van der Waals surface area contributed by atoms with Crippen molar-refractivity contribution >= 4 is 28.9 Å². The summed E-state index contributed by atoms with van der Waals surface area (Å²) in [7, 11) is 0. The molecule has 2 heterocycles. The van der Waals surface area contributed by atoms with E-state index in [1.165, 1.54) is 17.5 Å². The summed E-state index contributed by atoms with van der Waals surface area (Å²) in [6.07, 6.45) is 4.64. The Morgan fingerprint density at radius 3 is 3.06 bits per heavy atom. The number of hydrogen-bond donors (Lipinski definition) is 1. The van der Waals surface area contributed by atoms with E-state index in [1.54, 1.807) is 17.0 Å². The van der Waals surface area contributed by atoms with Gasteiger partial charge in [-0.15, -0.1) is 11.3 Å². The van der Waals surface area contributed by atoms with Gasteiger partial charge in [-0.05, 0) is 0 Å². The molecule has 9 heteroatoms. The Morgan fingerprint density at radius 1 is 1.62 bits per heavy atom. The predicted octanol–water partition coefficient (Wildman–Crippen LogP) is 1.64. The topological polar surface area (TPSA) is 85.9 Å². The van der Waals surface area contributed by atoms with Crippen molar-refractivity contribution in [2.45, 2.75) is 6.54 Å². The van der Waals surface area contributed by atoms with E-state index >= 15 is 0 Å². The fourth-order valence-electron chi connectivity index (χ4n) is 1.14. The van der Waals surface area contributed by atoms with Gasteiger partial charge in [0.15, 0.2) is 5.03 Å². The second-order valence-corrected chi connectivity index (χ2v) is 4.55. The molecule has 0 radical (unpaired) electrons. The van der Waals surface area contributed by atoms with Crippen LogP contribution in [-0.4, -0.2) is 19.6 Å². The summed E-state index contributed by atoms with van der Waals surface area (Å²) >= 11 is 7.05. The quantitative estimate of drug-likeness (QED) is 0.666. The van der Waals surface area contributed by atoms with Crippen LogP contribution in [0.4, 0.5) is 5.95 Å². The van der Waals surface area contributed by atoms with Gasteiger partial charge in [-0.2, -0.15) is 0 Å². The molecule has 16 heavy (non-hydrogen) atoms. The molecule has 84 valence electrons. The summed E-state index contributed by atoms with van der Waals surface area (Å²) in [6.45, 7) is 0.396. The SMILES string of the molecule is O=[N+]([O-])Nc1nccn1Cc1ncc(Cl)s1. The summed E-state index contributed by atoms with van der Waals surface area (Å²) in [5.74, 6) is 0.163. The third kappa shape index (κ3) is 2.47. The number of anilines is 1. The molecule has 0 spiro atoms. The number of aromatic nitrogens is 3. The van der Waals surface area contributed by atoms with Gasteiger partial charge in [0, 0.05) is 12.4 Å². The van der Waals surface area contributed by atoms with Crippen molar-refractivity contribution in [3.05, 3.63) is 38.0 Å². The first-order chi connectivity index (χ1) is 7.65. The van der Waals surface area contributed by atoms with Gasteiger partial charge in [-0.25, -0.2) is 20.1 Å². The average Bonchev–Trinajstić information content (AvgIpc) is 2.77. The lowest BCUT2D eigenvalue weighted by Crippen LogP contribution is -2.13. The van der Waals surface area contributed by atoms with E-state index in [2.05, 4.69) is 9.97 Å². The highest BCUT2D eigenvalue weighted by atomic mass is 35.5. The molecule has 0 fully saturated rings. The van der Waals surface area contributed by atoms with Gasteiger partial charge in [-0.1, -0.05) is 17.0 Å². The van der Waals surface area contributed by atoms with Gasteiger partial charge in [0.25, 0.3) is 5.95 Å². The number of hydrogen-bond acceptors (Lipinski definition) is 5. The Kier molecular flexibility index (Phi) is 3.02. The summed E-state index contributed by atoms with van der Waals surface area (Å²) in [6, 6.07) is 0. The van der Waals surface area contributed by atoms with Crippen molar-refractivity contribution in [2.75, 3.05) is 5.43 Å². The van der Waals surface area contributed by atoms with E-state index in [4.69, 9.17) is 11.6 Å². The normalized spacial score (nSPS) is 10.3. The highest BCUT2D eigenvalue weighted by Gasteiger charge is 2.09. The number of nitrogens with one attached hydrogen (secondary N) is 1. The van der Waals surface area contributed by atoms with Crippen molar-refractivity contribution in [3.8, 4) is 0 Å². The third-order valence-electron chi connectivity index (χ3n) is 1.74. The summed E-state index contributed by atoms with van der Waals surface area (Å²) in [4.78, 5) is 18.1. The first-order valence-corrected chi connectivity index (χ1v) is 5.37. The molecule has 2 rings (SSSR count). The molecule has 2 aromatic heterocycles. The lowest BCUT2D eigenvalue weighted by atomic mass is 10.6. The molecular formula is C7H6ClN5O2S. The highest BCUT2D eigenvalue weighted by molar-refractivity contribution is 7.15. The lowest BCUT2D eigenvalue weighted by Gasteiger charge is -2.01. The summed E-state index contributed by atoms with van der Waals surface area (Å²) in [5, 5.41) is 10.4. The molecular weight excluding hydrogens is 254 g/mol. The van der Waals surface area contributed by atoms with Gasteiger partial charge < -0.3 is 4.57 Å². The van der Waals surface area contributed by atoms with E-state index in [-0.39, 0.29) is 5.95 Å². The summed E-state index contributed by atoms with van der Waals surface area (Å²) < 4.78 is 2.16. The van der Waals surface area contributed by atoms with Crippen molar-refractivity contribution < 1.29 is 5.03 Å². The minimum absolute atomic E-state index is 0.163. The van der Waals surface area contributed by atoms with Crippen LogP contribution in [0.1, 0.15) is 5.01 Å². The molecule has 0 bridgehead atoms. The molecule has 0 unspecified atom stereocenters. The predicted molar refractivity (Wildman–Crippen MR) is 59.1 cm³/mol. The first kappa shape index (κ1) is 10.8. The minimum Gasteiger partial charge on any atom is -0.306 e. The molecule has 0 aliphatic rings. The number of nitrogens with zero attached hydrogens (tertiary/aromatic N) is 4. The van der Waals surface area contributed by atoms with Crippen molar-refractivity contribution in [1.82, 2.24) is 14.5 Å². The molecule has 0 aliphatic heterocycles. The van der Waals surface area contributed by atoms with Gasteiger partial charge in [0.1, 0.15) is 9.34 Å². The van der Waals surface area contributed by atoms with Crippen LogP contribution in [0.5, 0.6) is 0 Å². The zero-order valence-corrected chi connectivity index (χ0v) is 9.40. The number of hydrazine groups is 1. The van der Waals surface area contributed by atoms with Crippen molar-refractivity contribution in [1.29, 1.82) is 0 Å². The second-order valence-electron chi connectivity index (χ2n) is 2.81. The van der Waals surface area contributed by atoms with Crippen LogP contribution in [-0.2, 0) is 6.54 Å². The number of thiazole rings is 1. The largest absolute Gasteiger partial charge is 0.306 e. The molecule has 0 saturated carbocycles. The average molecular weight is 260 g/mol. The number of rotatable bonds is 4. The van der Waals surface area contributed by atoms with Crippen LogP contribution >= 0.6 is 22.9 Å². The Hall–Kier alpha value is -1.67. The number of nitro groups is 1. The monoisotopic (exact) mass is 259 g/mol. The van der Waals surface area contributed by atoms with Crippen LogP contribution in [0.2, 0.25) is 4.34 Å². The highest BCUT2D eigenvalue weighted by Crippen LogP contribution is 2.20. The first-order valence-electron chi connectivity index (χ1n) is 4.17. The Labute approximate surface area is 98.8 Å². The summed E-state index contributed by atoms with van der Waals surface area (Å²) in [5.41, 5.74) is 2.00. The van der Waals surface area contributed by atoms with Gasteiger partial charge in [0.05, 0.1) is 12.7 Å². The van der Waals surface area contributed by atoms with Gasteiger partial charge >= 0.3 is 0 Å². The maximum Gasteiger partial charge on any atom is 0.265 e. The Morgan fingerprint density at radius 2 is 2.44 bits per heavy atom. The number of halogens is 1. The minimum atomic E-state index is -0.659. The van der Waals surface area contributed by atoms with Crippen LogP contribution in [0.15, 0.2) is 18.6 Å². The smallest absolute Gasteiger partial charge is 0.265 e. The Balaban J connectivity index is 2.15. The lowest BCUT2D eigenvalue weighted by molar-refractivity contribution is -0.446. The zero-order chi connectivity index (χ0) is 11.5. The molecule has 7 nitrogen and oxygen atoms in total. The van der Waals surface area contributed by atoms with E-state index < -0.39 is 5.03 Å². The molecule has 0 aliphatic carbocycles. The molecule has 2 aromatic rings. The van der Waals surface area contributed by atoms with Crippen molar-refractivity contribution in [3.63, 3.8) is 0 Å². The van der Waals surface area contributed by atoms with Crippen LogP contribution in [0.25, 0.3) is 0 Å². The fourth-order valence-corrected chi connectivity index (χ4v) is 2.09. The maximum absolute atomic E-state index is 10.3. The molecule has 0 atom stereocenters. The standard InChI is InChI=1S/C7H6ClN5O2S/c8-5-3-10-6(16-5)4-12-2-1-9-7(12)11-13(14)15/h1-3H,4H2,(H,9,11). The van der Waals surface area contributed by atoms with Gasteiger partial charge in [-0.3, -0.25) is 0 Å². The van der Waals surface area contributed by atoms with Crippen molar-refractivity contribution in [2.24, 2.45) is 0 Å². The fraction of sp³-hybridized carbons (Fsp3) is 0.143. The van der Waals surface area contributed by atoms with E-state index in [0.717, 1.165) is 5.01 Å². The van der Waals surface area contributed by atoms with E-state index in [0.29, 0.717) is 10.9 Å². The van der Waals surface area contributed by atoms with E-state index in [1.807, 2.05) is 5.43 Å². The molecule has 1 N–H and O–H groups in total. The molecule has 0 amide bonds. The maximum atomic E-state index is 10.3. The Bertz CT molecular complexity index is 510.